The second kappa shape index (κ2) is 5.31. The first kappa shape index (κ1) is 13.7. The van der Waals surface area contributed by atoms with Crippen LogP contribution in [0.4, 0.5) is 11.6 Å². The molecule has 7 heteroatoms. The van der Waals surface area contributed by atoms with Gasteiger partial charge in [-0.2, -0.15) is 0 Å². The van der Waals surface area contributed by atoms with Gasteiger partial charge in [0.25, 0.3) is 0 Å². The van der Waals surface area contributed by atoms with Gasteiger partial charge in [0.15, 0.2) is 0 Å². The van der Waals surface area contributed by atoms with Crippen LogP contribution in [0.5, 0.6) is 0 Å². The monoisotopic (exact) mass is 258 g/mol. The van der Waals surface area contributed by atoms with Crippen molar-refractivity contribution in [3.05, 3.63) is 11.4 Å². The Morgan fingerprint density at radius 2 is 1.94 bits per heavy atom. The summed E-state index contributed by atoms with van der Waals surface area (Å²) in [6.45, 7) is 4.13. The molecule has 0 fully saturated rings. The Labute approximate surface area is 102 Å². The molecule has 0 atom stereocenters. The van der Waals surface area contributed by atoms with Crippen molar-refractivity contribution in [1.82, 2.24) is 9.97 Å². The zero-order valence-electron chi connectivity index (χ0n) is 10.3. The molecular formula is C10H18N4O2S. The van der Waals surface area contributed by atoms with Crippen LogP contribution in [0.15, 0.2) is 0 Å². The van der Waals surface area contributed by atoms with Crippen molar-refractivity contribution in [2.24, 2.45) is 0 Å². The van der Waals surface area contributed by atoms with Crippen LogP contribution in [-0.4, -0.2) is 36.9 Å². The highest BCUT2D eigenvalue weighted by atomic mass is 32.2. The van der Waals surface area contributed by atoms with E-state index in [1.54, 1.807) is 6.92 Å². The fraction of sp³-hybridized carbons (Fsp3) is 0.600. The Bertz CT molecular complexity index is 499. The number of hydrogen-bond acceptors (Lipinski definition) is 6. The third-order valence-corrected chi connectivity index (χ3v) is 3.31. The van der Waals surface area contributed by atoms with E-state index in [2.05, 4.69) is 15.3 Å². The number of aryl methyl sites for hydroxylation is 1. The summed E-state index contributed by atoms with van der Waals surface area (Å²) in [5.41, 5.74) is 6.49. The van der Waals surface area contributed by atoms with Crippen molar-refractivity contribution in [1.29, 1.82) is 0 Å². The van der Waals surface area contributed by atoms with Gasteiger partial charge in [0.1, 0.15) is 27.3 Å². The minimum absolute atomic E-state index is 0.165. The van der Waals surface area contributed by atoms with E-state index in [4.69, 9.17) is 5.73 Å². The minimum Gasteiger partial charge on any atom is -0.383 e. The van der Waals surface area contributed by atoms with Gasteiger partial charge in [0.2, 0.25) is 0 Å². The maximum absolute atomic E-state index is 10.9. The lowest BCUT2D eigenvalue weighted by Gasteiger charge is -2.10. The van der Waals surface area contributed by atoms with Gasteiger partial charge in [-0.05, 0) is 20.3 Å². The topological polar surface area (TPSA) is 98.0 Å². The molecule has 1 heterocycles. The summed E-state index contributed by atoms with van der Waals surface area (Å²) < 4.78 is 21.9. The molecule has 0 aliphatic carbocycles. The van der Waals surface area contributed by atoms with E-state index < -0.39 is 9.84 Å². The lowest BCUT2D eigenvalue weighted by Crippen LogP contribution is -2.12. The molecule has 0 aliphatic rings. The van der Waals surface area contributed by atoms with Crippen LogP contribution in [0.25, 0.3) is 0 Å². The molecule has 6 nitrogen and oxygen atoms in total. The number of rotatable bonds is 5. The van der Waals surface area contributed by atoms with Gasteiger partial charge >= 0.3 is 0 Å². The summed E-state index contributed by atoms with van der Waals surface area (Å²) in [6.07, 6.45) is 1.77. The molecular weight excluding hydrogens is 240 g/mol. The van der Waals surface area contributed by atoms with Crippen molar-refractivity contribution in [3.63, 3.8) is 0 Å². The highest BCUT2D eigenvalue weighted by molar-refractivity contribution is 7.90. The largest absolute Gasteiger partial charge is 0.383 e. The Kier molecular flexibility index (Phi) is 4.28. The van der Waals surface area contributed by atoms with Crippen LogP contribution in [0.1, 0.15) is 17.8 Å². The maximum Gasteiger partial charge on any atom is 0.147 e. The number of anilines is 2. The first-order valence-corrected chi connectivity index (χ1v) is 7.38. The third kappa shape index (κ3) is 4.56. The van der Waals surface area contributed by atoms with Gasteiger partial charge in [-0.25, -0.2) is 18.4 Å². The summed E-state index contributed by atoms with van der Waals surface area (Å²) in [5, 5.41) is 3.07. The highest BCUT2D eigenvalue weighted by Crippen LogP contribution is 2.16. The van der Waals surface area contributed by atoms with Crippen molar-refractivity contribution < 1.29 is 8.42 Å². The molecule has 0 unspecified atom stereocenters. The average Bonchev–Trinajstić information content (AvgIpc) is 2.18. The van der Waals surface area contributed by atoms with Gasteiger partial charge in [0.05, 0.1) is 5.75 Å². The maximum atomic E-state index is 10.9. The van der Waals surface area contributed by atoms with Crippen LogP contribution in [-0.2, 0) is 9.84 Å². The van der Waals surface area contributed by atoms with E-state index in [-0.39, 0.29) is 5.75 Å². The Balaban J connectivity index is 2.58. The molecule has 0 bridgehead atoms. The van der Waals surface area contributed by atoms with E-state index in [0.29, 0.717) is 30.4 Å². The van der Waals surface area contributed by atoms with Crippen LogP contribution >= 0.6 is 0 Å². The number of nitrogen functional groups attached to an aromatic ring is 1. The van der Waals surface area contributed by atoms with Gasteiger partial charge in [-0.15, -0.1) is 0 Å². The molecule has 0 saturated heterocycles. The molecule has 96 valence electrons. The molecule has 0 radical (unpaired) electrons. The average molecular weight is 258 g/mol. The number of sulfone groups is 1. The summed E-state index contributed by atoms with van der Waals surface area (Å²) in [5.74, 6) is 1.88. The zero-order valence-corrected chi connectivity index (χ0v) is 11.1. The smallest absolute Gasteiger partial charge is 0.147 e. The van der Waals surface area contributed by atoms with Crippen LogP contribution in [0.3, 0.4) is 0 Å². The van der Waals surface area contributed by atoms with Crippen LogP contribution < -0.4 is 11.1 Å². The third-order valence-electron chi connectivity index (χ3n) is 2.28. The second-order valence-corrected chi connectivity index (χ2v) is 6.30. The summed E-state index contributed by atoms with van der Waals surface area (Å²) in [4.78, 5) is 8.25. The molecule has 0 amide bonds. The second-order valence-electron chi connectivity index (χ2n) is 4.04. The molecule has 17 heavy (non-hydrogen) atoms. The fourth-order valence-electron chi connectivity index (χ4n) is 1.36. The van der Waals surface area contributed by atoms with Crippen molar-refractivity contribution in [2.75, 3.05) is 29.6 Å². The summed E-state index contributed by atoms with van der Waals surface area (Å²) in [7, 11) is -2.90. The van der Waals surface area contributed by atoms with E-state index in [0.717, 1.165) is 5.56 Å². The zero-order chi connectivity index (χ0) is 13.1. The predicted molar refractivity (Wildman–Crippen MR) is 68.7 cm³/mol. The predicted octanol–water partition coefficient (Wildman–Crippen LogP) is 0.522. The van der Waals surface area contributed by atoms with Crippen molar-refractivity contribution in [2.45, 2.75) is 20.3 Å². The van der Waals surface area contributed by atoms with Gasteiger partial charge in [0, 0.05) is 18.4 Å². The number of hydrogen-bond donors (Lipinski definition) is 2. The molecule has 0 spiro atoms. The molecule has 3 N–H and O–H groups in total. The molecule has 1 aromatic rings. The number of nitrogens with zero attached hydrogens (tertiary/aromatic N) is 2. The molecule has 1 rings (SSSR count). The molecule has 1 aromatic heterocycles. The van der Waals surface area contributed by atoms with Crippen molar-refractivity contribution >= 4 is 21.5 Å². The van der Waals surface area contributed by atoms with Crippen molar-refractivity contribution in [3.8, 4) is 0 Å². The Morgan fingerprint density at radius 3 is 2.53 bits per heavy atom. The van der Waals surface area contributed by atoms with E-state index >= 15 is 0 Å². The van der Waals surface area contributed by atoms with Gasteiger partial charge < -0.3 is 11.1 Å². The highest BCUT2D eigenvalue weighted by Gasteiger charge is 2.06. The molecule has 0 saturated carbocycles. The molecule has 0 aromatic carbocycles. The van der Waals surface area contributed by atoms with Crippen LogP contribution in [0, 0.1) is 13.8 Å². The lowest BCUT2D eigenvalue weighted by molar-refractivity contribution is 0.600. The summed E-state index contributed by atoms with van der Waals surface area (Å²) >= 11 is 0. The number of nitrogens with two attached hydrogens (primary N) is 1. The first-order valence-electron chi connectivity index (χ1n) is 5.32. The van der Waals surface area contributed by atoms with E-state index in [1.807, 2.05) is 6.92 Å². The lowest BCUT2D eigenvalue weighted by atomic mass is 10.3. The SMILES string of the molecule is Cc1nc(N)c(C)c(NCCCS(C)(=O)=O)n1. The fourth-order valence-corrected chi connectivity index (χ4v) is 2.03. The molecule has 0 aliphatic heterocycles. The minimum atomic E-state index is -2.90. The van der Waals surface area contributed by atoms with Crippen LogP contribution in [0.2, 0.25) is 0 Å². The van der Waals surface area contributed by atoms with E-state index in [9.17, 15) is 8.42 Å². The van der Waals surface area contributed by atoms with Gasteiger partial charge in [-0.3, -0.25) is 0 Å². The number of nitrogens with one attached hydrogen (secondary N) is 1. The Morgan fingerprint density at radius 1 is 1.29 bits per heavy atom. The van der Waals surface area contributed by atoms with E-state index in [1.165, 1.54) is 6.26 Å². The quantitative estimate of drug-likeness (QED) is 0.747. The van der Waals surface area contributed by atoms with Gasteiger partial charge in [-0.1, -0.05) is 0 Å². The summed E-state index contributed by atoms with van der Waals surface area (Å²) in [6, 6.07) is 0. The normalized spacial score (nSPS) is 11.5. The standard InChI is InChI=1S/C10H18N4O2S/c1-7-9(11)13-8(2)14-10(7)12-5-4-6-17(3,15)16/h4-6H2,1-3H3,(H3,11,12,13,14). The number of aromatic nitrogens is 2. The first-order chi connectivity index (χ1) is 7.79. The Hall–Kier alpha value is -1.37.